The van der Waals surface area contributed by atoms with Crippen LogP contribution in [0.15, 0.2) is 28.7 Å². The van der Waals surface area contributed by atoms with Gasteiger partial charge in [0, 0.05) is 17.6 Å². The summed E-state index contributed by atoms with van der Waals surface area (Å²) in [6.45, 7) is 7.60. The van der Waals surface area contributed by atoms with E-state index in [0.29, 0.717) is 17.9 Å². The molecule has 0 bridgehead atoms. The maximum atomic E-state index is 5.78. The molecule has 0 aromatic heterocycles. The third kappa shape index (κ3) is 5.72. The molecule has 1 aromatic carbocycles. The molecule has 1 saturated heterocycles. The maximum Gasteiger partial charge on any atom is 0.0576 e. The third-order valence-electron chi connectivity index (χ3n) is 4.15. The molecule has 0 spiro atoms. The van der Waals surface area contributed by atoms with Crippen molar-refractivity contribution in [2.45, 2.75) is 51.6 Å². The zero-order valence-corrected chi connectivity index (χ0v) is 14.9. The lowest BCUT2D eigenvalue weighted by atomic mass is 9.92. The predicted molar refractivity (Wildman–Crippen MR) is 92.8 cm³/mol. The molecule has 0 saturated carbocycles. The fraction of sp³-hybridized carbons (Fsp3) is 0.667. The molecule has 2 nitrogen and oxygen atoms in total. The van der Waals surface area contributed by atoms with Crippen LogP contribution in [0.3, 0.4) is 0 Å². The number of halogens is 1. The molecule has 118 valence electrons. The zero-order valence-electron chi connectivity index (χ0n) is 13.3. The molecule has 1 aromatic rings. The van der Waals surface area contributed by atoms with Gasteiger partial charge in [-0.25, -0.2) is 0 Å². The van der Waals surface area contributed by atoms with Crippen molar-refractivity contribution in [3.05, 3.63) is 34.3 Å². The molecular formula is C18H28BrNO. The number of ether oxygens (including phenoxy) is 1. The average molecular weight is 354 g/mol. The summed E-state index contributed by atoms with van der Waals surface area (Å²) in [4.78, 5) is 0. The smallest absolute Gasteiger partial charge is 0.0576 e. The number of hydrogen-bond acceptors (Lipinski definition) is 2. The van der Waals surface area contributed by atoms with E-state index in [2.05, 4.69) is 59.4 Å². The first kappa shape index (κ1) is 17.0. The van der Waals surface area contributed by atoms with Gasteiger partial charge in [0.05, 0.1) is 6.10 Å². The van der Waals surface area contributed by atoms with Crippen molar-refractivity contribution >= 4 is 15.9 Å². The topological polar surface area (TPSA) is 21.3 Å². The molecule has 1 N–H and O–H groups in total. The molecular weight excluding hydrogens is 326 g/mol. The van der Waals surface area contributed by atoms with Gasteiger partial charge in [0.15, 0.2) is 0 Å². The number of hydrogen-bond donors (Lipinski definition) is 1. The molecule has 1 heterocycles. The van der Waals surface area contributed by atoms with Crippen molar-refractivity contribution < 1.29 is 4.74 Å². The second-order valence-electron chi connectivity index (χ2n) is 6.48. The summed E-state index contributed by atoms with van der Waals surface area (Å²) >= 11 is 3.71. The van der Waals surface area contributed by atoms with Gasteiger partial charge in [0.1, 0.15) is 0 Å². The van der Waals surface area contributed by atoms with Gasteiger partial charge in [-0.2, -0.15) is 0 Å². The standard InChI is InChI=1S/C18H28BrNO/c1-14(2)12-20-13-15(9-10-16-6-5-11-21-16)17-7-3-4-8-18(17)19/h3-4,7-8,14-16,20H,5-6,9-13H2,1-2H3. The second-order valence-corrected chi connectivity index (χ2v) is 7.34. The second kappa shape index (κ2) is 8.92. The Labute approximate surface area is 137 Å². The lowest BCUT2D eigenvalue weighted by Crippen LogP contribution is -2.26. The van der Waals surface area contributed by atoms with E-state index < -0.39 is 0 Å². The normalized spacial score (nSPS) is 20.1. The fourth-order valence-corrected chi connectivity index (χ4v) is 3.59. The summed E-state index contributed by atoms with van der Waals surface area (Å²) in [6, 6.07) is 8.63. The SMILES string of the molecule is CC(C)CNCC(CCC1CCCO1)c1ccccc1Br. The molecule has 2 rings (SSSR count). The average Bonchev–Trinajstić information content (AvgIpc) is 2.96. The summed E-state index contributed by atoms with van der Waals surface area (Å²) in [7, 11) is 0. The van der Waals surface area contributed by atoms with E-state index in [-0.39, 0.29) is 0 Å². The largest absolute Gasteiger partial charge is 0.378 e. The van der Waals surface area contributed by atoms with Gasteiger partial charge in [0.25, 0.3) is 0 Å². The summed E-state index contributed by atoms with van der Waals surface area (Å²) in [5, 5.41) is 3.62. The molecule has 1 aliphatic rings. The van der Waals surface area contributed by atoms with Crippen LogP contribution in [0.4, 0.5) is 0 Å². The summed E-state index contributed by atoms with van der Waals surface area (Å²) in [5.74, 6) is 1.26. The van der Waals surface area contributed by atoms with Crippen LogP contribution < -0.4 is 5.32 Å². The van der Waals surface area contributed by atoms with Gasteiger partial charge in [-0.15, -0.1) is 0 Å². The number of benzene rings is 1. The molecule has 3 heteroatoms. The molecule has 1 aliphatic heterocycles. The summed E-state index contributed by atoms with van der Waals surface area (Å²) < 4.78 is 7.01. The fourth-order valence-electron chi connectivity index (χ4n) is 2.98. The lowest BCUT2D eigenvalue weighted by Gasteiger charge is -2.21. The van der Waals surface area contributed by atoms with Crippen molar-refractivity contribution in [3.8, 4) is 0 Å². The predicted octanol–water partition coefficient (Wildman–Crippen LogP) is 4.74. The van der Waals surface area contributed by atoms with Crippen LogP contribution in [-0.4, -0.2) is 25.8 Å². The molecule has 1 fully saturated rings. The van der Waals surface area contributed by atoms with E-state index in [0.717, 1.165) is 19.7 Å². The van der Waals surface area contributed by atoms with Crippen molar-refractivity contribution in [1.29, 1.82) is 0 Å². The highest BCUT2D eigenvalue weighted by Gasteiger charge is 2.20. The number of nitrogens with one attached hydrogen (secondary N) is 1. The zero-order chi connectivity index (χ0) is 15.1. The third-order valence-corrected chi connectivity index (χ3v) is 4.87. The maximum absolute atomic E-state index is 5.78. The van der Waals surface area contributed by atoms with E-state index in [1.54, 1.807) is 0 Å². The minimum Gasteiger partial charge on any atom is -0.378 e. The lowest BCUT2D eigenvalue weighted by molar-refractivity contribution is 0.100. The van der Waals surface area contributed by atoms with Gasteiger partial charge in [-0.1, -0.05) is 48.0 Å². The van der Waals surface area contributed by atoms with Gasteiger partial charge in [-0.05, 0) is 55.7 Å². The van der Waals surface area contributed by atoms with E-state index >= 15 is 0 Å². The molecule has 0 aliphatic carbocycles. The first-order valence-electron chi connectivity index (χ1n) is 8.23. The Bertz CT molecular complexity index is 415. The van der Waals surface area contributed by atoms with Crippen molar-refractivity contribution in [2.24, 2.45) is 5.92 Å². The molecule has 2 atom stereocenters. The van der Waals surface area contributed by atoms with Crippen LogP contribution in [0.5, 0.6) is 0 Å². The summed E-state index contributed by atoms with van der Waals surface area (Å²) in [6.07, 6.45) is 5.33. The van der Waals surface area contributed by atoms with Crippen LogP contribution in [0.1, 0.15) is 51.0 Å². The Morgan fingerprint density at radius 3 is 2.76 bits per heavy atom. The van der Waals surface area contributed by atoms with E-state index in [4.69, 9.17) is 4.74 Å². The van der Waals surface area contributed by atoms with Crippen molar-refractivity contribution in [3.63, 3.8) is 0 Å². The van der Waals surface area contributed by atoms with Crippen LogP contribution in [0, 0.1) is 5.92 Å². The quantitative estimate of drug-likeness (QED) is 0.728. The van der Waals surface area contributed by atoms with Gasteiger partial charge in [-0.3, -0.25) is 0 Å². The van der Waals surface area contributed by atoms with E-state index in [9.17, 15) is 0 Å². The molecule has 0 radical (unpaired) electrons. The summed E-state index contributed by atoms with van der Waals surface area (Å²) in [5.41, 5.74) is 1.42. The van der Waals surface area contributed by atoms with Crippen LogP contribution in [-0.2, 0) is 4.74 Å². The van der Waals surface area contributed by atoms with Crippen LogP contribution in [0.25, 0.3) is 0 Å². The minimum absolute atomic E-state index is 0.486. The first-order chi connectivity index (χ1) is 10.2. The van der Waals surface area contributed by atoms with Crippen LogP contribution in [0.2, 0.25) is 0 Å². The Morgan fingerprint density at radius 1 is 1.29 bits per heavy atom. The Kier molecular flexibility index (Phi) is 7.21. The van der Waals surface area contributed by atoms with Gasteiger partial charge in [0.2, 0.25) is 0 Å². The Morgan fingerprint density at radius 2 is 2.10 bits per heavy atom. The van der Waals surface area contributed by atoms with E-state index in [1.165, 1.54) is 35.7 Å². The highest BCUT2D eigenvalue weighted by molar-refractivity contribution is 9.10. The Balaban J connectivity index is 1.93. The van der Waals surface area contributed by atoms with Gasteiger partial charge >= 0.3 is 0 Å². The monoisotopic (exact) mass is 353 g/mol. The Hall–Kier alpha value is -0.380. The molecule has 21 heavy (non-hydrogen) atoms. The van der Waals surface area contributed by atoms with Crippen LogP contribution >= 0.6 is 15.9 Å². The highest BCUT2D eigenvalue weighted by Crippen LogP contribution is 2.30. The van der Waals surface area contributed by atoms with Crippen molar-refractivity contribution in [1.82, 2.24) is 5.32 Å². The first-order valence-corrected chi connectivity index (χ1v) is 9.03. The molecule has 0 amide bonds. The van der Waals surface area contributed by atoms with Gasteiger partial charge < -0.3 is 10.1 Å². The number of rotatable bonds is 8. The molecule has 2 unspecified atom stereocenters. The highest BCUT2D eigenvalue weighted by atomic mass is 79.9. The minimum atomic E-state index is 0.486. The van der Waals surface area contributed by atoms with E-state index in [1.807, 2.05) is 0 Å². The van der Waals surface area contributed by atoms with Crippen molar-refractivity contribution in [2.75, 3.05) is 19.7 Å².